The van der Waals surface area contributed by atoms with E-state index in [1.807, 2.05) is 6.92 Å². The van der Waals surface area contributed by atoms with Crippen molar-refractivity contribution < 1.29 is 5.11 Å². The molecule has 0 amide bonds. The molecule has 6 nitrogen and oxygen atoms in total. The van der Waals surface area contributed by atoms with Crippen molar-refractivity contribution >= 4 is 33.3 Å². The van der Waals surface area contributed by atoms with Gasteiger partial charge in [0.1, 0.15) is 10.6 Å². The summed E-state index contributed by atoms with van der Waals surface area (Å²) < 4.78 is 0. The van der Waals surface area contributed by atoms with Gasteiger partial charge in [0.05, 0.1) is 12.0 Å². The normalized spacial score (nSPS) is 11.0. The average molecular weight is 295 g/mol. The number of rotatable bonds is 7. The summed E-state index contributed by atoms with van der Waals surface area (Å²) in [5, 5.41) is 10.3. The zero-order chi connectivity index (χ0) is 14.5. The zero-order valence-corrected chi connectivity index (χ0v) is 12.7. The molecule has 0 radical (unpaired) electrons. The maximum absolute atomic E-state index is 9.28. The van der Waals surface area contributed by atoms with E-state index in [0.717, 1.165) is 35.4 Å². The van der Waals surface area contributed by atoms with Gasteiger partial charge in [-0.3, -0.25) is 5.43 Å². The number of hydrogen-bond acceptors (Lipinski definition) is 7. The van der Waals surface area contributed by atoms with Crippen molar-refractivity contribution in [3.05, 3.63) is 10.9 Å². The largest absolute Gasteiger partial charge is 0.395 e. The molecule has 2 aromatic rings. The molecule has 110 valence electrons. The topological polar surface area (TPSA) is 87.3 Å². The van der Waals surface area contributed by atoms with Gasteiger partial charge in [-0.2, -0.15) is 4.98 Å². The standard InChI is InChI=1S/C13H21N5OS/c1-3-4-5-18(6-7-19)11-10-8-9(2)20-12(10)16-13(15-11)17-14/h8,19H,3-7,14H2,1-2H3,(H,15,16,17). The summed E-state index contributed by atoms with van der Waals surface area (Å²) in [7, 11) is 0. The molecular weight excluding hydrogens is 274 g/mol. The van der Waals surface area contributed by atoms with Gasteiger partial charge in [-0.1, -0.05) is 13.3 Å². The summed E-state index contributed by atoms with van der Waals surface area (Å²) >= 11 is 1.62. The summed E-state index contributed by atoms with van der Waals surface area (Å²) in [6.45, 7) is 5.72. The lowest BCUT2D eigenvalue weighted by atomic mass is 10.2. The molecule has 2 heterocycles. The fraction of sp³-hybridized carbons (Fsp3) is 0.538. The molecule has 0 aromatic carbocycles. The predicted octanol–water partition coefficient (Wildman–Crippen LogP) is 1.88. The van der Waals surface area contributed by atoms with Crippen LogP contribution < -0.4 is 16.2 Å². The Morgan fingerprint density at radius 3 is 2.85 bits per heavy atom. The van der Waals surface area contributed by atoms with Crippen molar-refractivity contribution in [1.82, 2.24) is 9.97 Å². The van der Waals surface area contributed by atoms with Crippen LogP contribution in [0.5, 0.6) is 0 Å². The Balaban J connectivity index is 2.47. The zero-order valence-electron chi connectivity index (χ0n) is 11.9. The molecule has 4 N–H and O–H groups in total. The minimum Gasteiger partial charge on any atom is -0.395 e. The van der Waals surface area contributed by atoms with E-state index in [0.29, 0.717) is 12.5 Å². The number of nitrogens with two attached hydrogens (primary N) is 1. The Morgan fingerprint density at radius 2 is 2.20 bits per heavy atom. The molecule has 7 heteroatoms. The van der Waals surface area contributed by atoms with Crippen LogP contribution in [0.3, 0.4) is 0 Å². The summed E-state index contributed by atoms with van der Waals surface area (Å²) in [6, 6.07) is 2.09. The van der Waals surface area contributed by atoms with Crippen molar-refractivity contribution in [1.29, 1.82) is 0 Å². The number of nitrogens with zero attached hydrogens (tertiary/aromatic N) is 3. The van der Waals surface area contributed by atoms with E-state index < -0.39 is 0 Å². The van der Waals surface area contributed by atoms with Gasteiger partial charge in [0, 0.05) is 18.0 Å². The predicted molar refractivity (Wildman–Crippen MR) is 84.2 cm³/mol. The highest BCUT2D eigenvalue weighted by molar-refractivity contribution is 7.18. The smallest absolute Gasteiger partial charge is 0.240 e. The van der Waals surface area contributed by atoms with E-state index in [2.05, 4.69) is 33.3 Å². The van der Waals surface area contributed by atoms with Crippen LogP contribution in [0.1, 0.15) is 24.6 Å². The first-order chi connectivity index (χ1) is 9.69. The molecule has 0 aliphatic carbocycles. The Morgan fingerprint density at radius 1 is 1.40 bits per heavy atom. The highest BCUT2D eigenvalue weighted by atomic mass is 32.1. The highest BCUT2D eigenvalue weighted by Gasteiger charge is 2.15. The van der Waals surface area contributed by atoms with E-state index in [9.17, 15) is 5.11 Å². The number of anilines is 2. The Kier molecular flexibility index (Phi) is 5.11. The fourth-order valence-corrected chi connectivity index (χ4v) is 3.00. The van der Waals surface area contributed by atoms with Crippen LogP contribution in [-0.4, -0.2) is 34.8 Å². The summed E-state index contributed by atoms with van der Waals surface area (Å²) in [4.78, 5) is 13.1. The summed E-state index contributed by atoms with van der Waals surface area (Å²) in [5.41, 5.74) is 2.52. The third-order valence-corrected chi connectivity index (χ3v) is 4.02. The van der Waals surface area contributed by atoms with Gasteiger partial charge >= 0.3 is 0 Å². The number of aliphatic hydroxyl groups excluding tert-OH is 1. The van der Waals surface area contributed by atoms with E-state index in [1.165, 1.54) is 4.88 Å². The minimum absolute atomic E-state index is 0.101. The third-order valence-electron chi connectivity index (χ3n) is 3.08. The van der Waals surface area contributed by atoms with E-state index in [-0.39, 0.29) is 6.61 Å². The first-order valence-corrected chi connectivity index (χ1v) is 7.61. The minimum atomic E-state index is 0.101. The lowest BCUT2D eigenvalue weighted by Crippen LogP contribution is -2.29. The van der Waals surface area contributed by atoms with Gasteiger partial charge in [-0.05, 0) is 19.4 Å². The first kappa shape index (κ1) is 15.0. The van der Waals surface area contributed by atoms with Crippen molar-refractivity contribution in [3.63, 3.8) is 0 Å². The first-order valence-electron chi connectivity index (χ1n) is 6.80. The van der Waals surface area contributed by atoms with E-state index in [1.54, 1.807) is 11.3 Å². The lowest BCUT2D eigenvalue weighted by molar-refractivity contribution is 0.301. The maximum Gasteiger partial charge on any atom is 0.240 e. The molecule has 0 fully saturated rings. The van der Waals surface area contributed by atoms with Crippen molar-refractivity contribution in [3.8, 4) is 0 Å². The number of aromatic nitrogens is 2. The molecule has 0 unspecified atom stereocenters. The molecule has 2 rings (SSSR count). The number of fused-ring (bicyclic) bond motifs is 1. The quantitative estimate of drug-likeness (QED) is 0.534. The fourth-order valence-electron chi connectivity index (χ4n) is 2.13. The Hall–Kier alpha value is -1.44. The van der Waals surface area contributed by atoms with Crippen molar-refractivity contribution in [2.75, 3.05) is 30.0 Å². The number of hydrazine groups is 1. The molecule has 20 heavy (non-hydrogen) atoms. The highest BCUT2D eigenvalue weighted by Crippen LogP contribution is 2.31. The van der Waals surface area contributed by atoms with Gasteiger partial charge in [-0.25, -0.2) is 10.8 Å². The molecule has 0 aliphatic rings. The van der Waals surface area contributed by atoms with Crippen molar-refractivity contribution in [2.45, 2.75) is 26.7 Å². The van der Waals surface area contributed by atoms with Gasteiger partial charge < -0.3 is 10.0 Å². The monoisotopic (exact) mass is 295 g/mol. The number of unbranched alkanes of at least 4 members (excludes halogenated alkanes) is 1. The number of hydrogen-bond donors (Lipinski definition) is 3. The van der Waals surface area contributed by atoms with Crippen LogP contribution in [0.4, 0.5) is 11.8 Å². The SMILES string of the molecule is CCCCN(CCO)c1nc(NN)nc2sc(C)cc12. The average Bonchev–Trinajstić information content (AvgIpc) is 2.82. The number of aliphatic hydroxyl groups is 1. The maximum atomic E-state index is 9.28. The molecular formula is C13H21N5OS. The molecule has 0 saturated heterocycles. The third kappa shape index (κ3) is 3.17. The molecule has 0 bridgehead atoms. The van der Waals surface area contributed by atoms with E-state index in [4.69, 9.17) is 5.84 Å². The summed E-state index contributed by atoms with van der Waals surface area (Å²) in [6.07, 6.45) is 2.15. The van der Waals surface area contributed by atoms with Crippen LogP contribution in [0.25, 0.3) is 10.2 Å². The molecule has 0 spiro atoms. The second-order valence-corrected chi connectivity index (χ2v) is 5.89. The number of nitrogen functional groups attached to an aromatic ring is 1. The number of nitrogens with one attached hydrogen (secondary N) is 1. The van der Waals surface area contributed by atoms with Crippen LogP contribution in [0.2, 0.25) is 0 Å². The van der Waals surface area contributed by atoms with Crippen molar-refractivity contribution in [2.24, 2.45) is 5.84 Å². The number of thiophene rings is 1. The lowest BCUT2D eigenvalue weighted by Gasteiger charge is -2.23. The summed E-state index contributed by atoms with van der Waals surface area (Å²) in [5.74, 6) is 6.71. The van der Waals surface area contributed by atoms with Gasteiger partial charge in [0.15, 0.2) is 0 Å². The van der Waals surface area contributed by atoms with Crippen LogP contribution in [-0.2, 0) is 0 Å². The van der Waals surface area contributed by atoms with Gasteiger partial charge in [0.2, 0.25) is 5.95 Å². The Labute approximate surface area is 122 Å². The van der Waals surface area contributed by atoms with Gasteiger partial charge in [0.25, 0.3) is 0 Å². The van der Waals surface area contributed by atoms with Crippen LogP contribution >= 0.6 is 11.3 Å². The van der Waals surface area contributed by atoms with E-state index >= 15 is 0 Å². The van der Waals surface area contributed by atoms with Crippen LogP contribution in [0, 0.1) is 6.92 Å². The molecule has 0 aliphatic heterocycles. The molecule has 2 aromatic heterocycles. The second-order valence-electron chi connectivity index (χ2n) is 4.66. The van der Waals surface area contributed by atoms with Gasteiger partial charge in [-0.15, -0.1) is 11.3 Å². The van der Waals surface area contributed by atoms with Crippen LogP contribution in [0.15, 0.2) is 6.07 Å². The number of aryl methyl sites for hydroxylation is 1. The second kappa shape index (κ2) is 6.83. The molecule has 0 atom stereocenters. The Bertz CT molecular complexity index is 571. The molecule has 0 saturated carbocycles.